The van der Waals surface area contributed by atoms with Crippen LogP contribution < -0.4 is 5.32 Å². The third kappa shape index (κ3) is 7.35. The van der Waals surface area contributed by atoms with Crippen LogP contribution in [-0.2, 0) is 21.2 Å². The number of rotatable bonds is 9. The van der Waals surface area contributed by atoms with Gasteiger partial charge in [0, 0.05) is 36.1 Å². The van der Waals surface area contributed by atoms with Gasteiger partial charge in [0.05, 0.1) is 6.26 Å². The maximum Gasteiger partial charge on any atom is 0.221 e. The molecule has 0 bridgehead atoms. The maximum atomic E-state index is 11.8. The van der Waals surface area contributed by atoms with Gasteiger partial charge in [-0.15, -0.1) is 6.58 Å². The highest BCUT2D eigenvalue weighted by Gasteiger charge is 2.18. The van der Waals surface area contributed by atoms with Gasteiger partial charge in [-0.3, -0.25) is 4.79 Å². The zero-order chi connectivity index (χ0) is 17.5. The molecule has 0 aromatic heterocycles. The van der Waals surface area contributed by atoms with E-state index in [1.54, 1.807) is 24.3 Å². The Labute approximate surface area is 147 Å². The van der Waals surface area contributed by atoms with Gasteiger partial charge in [-0.1, -0.05) is 35.3 Å². The number of hydrogen-bond donors (Lipinski definition) is 1. The van der Waals surface area contributed by atoms with Crippen molar-refractivity contribution in [2.75, 3.05) is 25.9 Å². The molecule has 23 heavy (non-hydrogen) atoms. The number of halogens is 2. The number of hydrogen-bond acceptors (Lipinski definition) is 3. The summed E-state index contributed by atoms with van der Waals surface area (Å²) in [4.78, 5) is 11.6. The van der Waals surface area contributed by atoms with Crippen molar-refractivity contribution in [1.82, 2.24) is 9.62 Å². The number of nitrogens with zero attached hydrogens (tertiary/aromatic N) is 1. The first-order valence-corrected chi connectivity index (χ1v) is 9.61. The van der Waals surface area contributed by atoms with Crippen LogP contribution in [0, 0.1) is 0 Å². The van der Waals surface area contributed by atoms with E-state index in [-0.39, 0.29) is 25.4 Å². The van der Waals surface area contributed by atoms with Gasteiger partial charge < -0.3 is 5.32 Å². The first-order chi connectivity index (χ1) is 10.7. The molecule has 0 saturated heterocycles. The Bertz CT molecular complexity index is 663. The molecular weight excluding hydrogens is 359 g/mol. The molecule has 0 heterocycles. The van der Waals surface area contributed by atoms with Gasteiger partial charge in [0.15, 0.2) is 0 Å². The summed E-state index contributed by atoms with van der Waals surface area (Å²) in [7, 11) is -3.41. The van der Waals surface area contributed by atoms with Gasteiger partial charge >= 0.3 is 0 Å². The summed E-state index contributed by atoms with van der Waals surface area (Å²) >= 11 is 11.9. The van der Waals surface area contributed by atoms with E-state index >= 15 is 0 Å². The van der Waals surface area contributed by atoms with E-state index in [4.69, 9.17) is 23.2 Å². The number of sulfonamides is 1. The summed E-state index contributed by atoms with van der Waals surface area (Å²) in [5, 5.41) is 3.63. The van der Waals surface area contributed by atoms with Gasteiger partial charge in [0.1, 0.15) is 0 Å². The fraction of sp³-hybridized carbons (Fsp3) is 0.400. The molecule has 8 heteroatoms. The van der Waals surface area contributed by atoms with E-state index in [0.29, 0.717) is 23.0 Å². The fourth-order valence-corrected chi connectivity index (χ4v) is 3.26. The van der Waals surface area contributed by atoms with Crippen LogP contribution in [0.3, 0.4) is 0 Å². The van der Waals surface area contributed by atoms with Crippen molar-refractivity contribution in [2.45, 2.75) is 12.8 Å². The lowest BCUT2D eigenvalue weighted by molar-refractivity contribution is -0.120. The SMILES string of the molecule is C=CCNC(=O)CCN(CCc1ccc(Cl)cc1Cl)S(C)(=O)=O. The Hall–Kier alpha value is -1.08. The lowest BCUT2D eigenvalue weighted by Crippen LogP contribution is -2.36. The zero-order valence-corrected chi connectivity index (χ0v) is 15.2. The molecule has 1 amide bonds. The smallest absolute Gasteiger partial charge is 0.221 e. The Morgan fingerprint density at radius 2 is 2.04 bits per heavy atom. The molecule has 1 rings (SSSR count). The molecule has 0 unspecified atom stereocenters. The summed E-state index contributed by atoms with van der Waals surface area (Å²) in [5.74, 6) is -0.219. The molecule has 0 saturated carbocycles. The maximum absolute atomic E-state index is 11.8. The highest BCUT2D eigenvalue weighted by atomic mass is 35.5. The molecule has 128 valence electrons. The van der Waals surface area contributed by atoms with Crippen LogP contribution in [0.5, 0.6) is 0 Å². The molecule has 1 aromatic carbocycles. The number of carbonyl (C=O) groups excluding carboxylic acids is 1. The first kappa shape index (κ1) is 20.0. The minimum atomic E-state index is -3.41. The minimum Gasteiger partial charge on any atom is -0.353 e. The minimum absolute atomic E-state index is 0.0925. The summed E-state index contributed by atoms with van der Waals surface area (Å²) in [6.45, 7) is 4.22. The van der Waals surface area contributed by atoms with Crippen molar-refractivity contribution >= 4 is 39.1 Å². The first-order valence-electron chi connectivity index (χ1n) is 7.00. The van der Waals surface area contributed by atoms with E-state index in [2.05, 4.69) is 11.9 Å². The molecule has 1 N–H and O–H groups in total. The van der Waals surface area contributed by atoms with Crippen LogP contribution in [0.1, 0.15) is 12.0 Å². The predicted octanol–water partition coefficient (Wildman–Crippen LogP) is 2.49. The molecule has 0 aliphatic heterocycles. The second-order valence-corrected chi connectivity index (χ2v) is 7.82. The van der Waals surface area contributed by atoms with Gasteiger partial charge in [-0.25, -0.2) is 12.7 Å². The van der Waals surface area contributed by atoms with Crippen LogP contribution in [0.15, 0.2) is 30.9 Å². The number of amides is 1. The molecule has 0 fully saturated rings. The number of nitrogens with one attached hydrogen (secondary N) is 1. The Morgan fingerprint density at radius 1 is 1.35 bits per heavy atom. The molecule has 0 radical (unpaired) electrons. The third-order valence-corrected chi connectivity index (χ3v) is 5.04. The van der Waals surface area contributed by atoms with E-state index in [0.717, 1.165) is 11.8 Å². The van der Waals surface area contributed by atoms with Crippen molar-refractivity contribution in [3.8, 4) is 0 Å². The monoisotopic (exact) mass is 378 g/mol. The van der Waals surface area contributed by atoms with Crippen molar-refractivity contribution in [3.63, 3.8) is 0 Å². The number of carbonyl (C=O) groups is 1. The molecular formula is C15H20Cl2N2O3S. The van der Waals surface area contributed by atoms with Crippen LogP contribution in [-0.4, -0.2) is 44.5 Å². The summed E-state index contributed by atoms with van der Waals surface area (Å²) < 4.78 is 25.0. The Balaban J connectivity index is 2.65. The van der Waals surface area contributed by atoms with Crippen molar-refractivity contribution in [3.05, 3.63) is 46.5 Å². The highest BCUT2D eigenvalue weighted by molar-refractivity contribution is 7.88. The molecule has 0 aliphatic rings. The van der Waals surface area contributed by atoms with Crippen molar-refractivity contribution in [1.29, 1.82) is 0 Å². The molecule has 1 aromatic rings. The zero-order valence-electron chi connectivity index (χ0n) is 12.9. The van der Waals surface area contributed by atoms with Crippen molar-refractivity contribution < 1.29 is 13.2 Å². The second kappa shape index (κ2) is 9.27. The lowest BCUT2D eigenvalue weighted by Gasteiger charge is -2.20. The van der Waals surface area contributed by atoms with Crippen LogP contribution in [0.25, 0.3) is 0 Å². The molecule has 0 aliphatic carbocycles. The van der Waals surface area contributed by atoms with Crippen LogP contribution >= 0.6 is 23.2 Å². The summed E-state index contributed by atoms with van der Waals surface area (Å²) in [5.41, 5.74) is 0.806. The van der Waals surface area contributed by atoms with Gasteiger partial charge in [0.2, 0.25) is 15.9 Å². The van der Waals surface area contributed by atoms with Gasteiger partial charge in [0.25, 0.3) is 0 Å². The average Bonchev–Trinajstić information content (AvgIpc) is 2.45. The normalized spacial score (nSPS) is 11.5. The predicted molar refractivity (Wildman–Crippen MR) is 94.4 cm³/mol. The largest absolute Gasteiger partial charge is 0.353 e. The van der Waals surface area contributed by atoms with E-state index in [9.17, 15) is 13.2 Å². The Morgan fingerprint density at radius 3 is 2.61 bits per heavy atom. The molecule has 0 atom stereocenters. The van der Waals surface area contributed by atoms with Gasteiger partial charge in [-0.05, 0) is 24.1 Å². The third-order valence-electron chi connectivity index (χ3n) is 3.15. The summed E-state index contributed by atoms with van der Waals surface area (Å²) in [6.07, 6.45) is 3.22. The highest BCUT2D eigenvalue weighted by Crippen LogP contribution is 2.21. The van der Waals surface area contributed by atoms with Gasteiger partial charge in [-0.2, -0.15) is 0 Å². The average molecular weight is 379 g/mol. The van der Waals surface area contributed by atoms with Crippen LogP contribution in [0.4, 0.5) is 0 Å². The second-order valence-electron chi connectivity index (χ2n) is 4.99. The van der Waals surface area contributed by atoms with E-state index in [1.807, 2.05) is 0 Å². The van der Waals surface area contributed by atoms with E-state index in [1.165, 1.54) is 4.31 Å². The Kier molecular flexibility index (Phi) is 8.05. The topological polar surface area (TPSA) is 66.5 Å². The standard InChI is InChI=1S/C15H20Cl2N2O3S/c1-3-8-18-15(20)7-10-19(23(2,21)22)9-6-12-4-5-13(16)11-14(12)17/h3-5,11H,1,6-10H2,2H3,(H,18,20). The number of benzene rings is 1. The van der Waals surface area contributed by atoms with Crippen molar-refractivity contribution in [2.24, 2.45) is 0 Å². The van der Waals surface area contributed by atoms with Crippen LogP contribution in [0.2, 0.25) is 10.0 Å². The fourth-order valence-electron chi connectivity index (χ4n) is 1.91. The molecule has 5 nitrogen and oxygen atoms in total. The summed E-state index contributed by atoms with van der Waals surface area (Å²) in [6, 6.07) is 5.09. The quantitative estimate of drug-likeness (QED) is 0.671. The lowest BCUT2D eigenvalue weighted by atomic mass is 10.1. The molecule has 0 spiro atoms. The van der Waals surface area contributed by atoms with E-state index < -0.39 is 10.0 Å².